The summed E-state index contributed by atoms with van der Waals surface area (Å²) in [5.74, 6) is -1.16. The SMILES string of the molecule is Cc1csc(C2(NC(=O)Cc3ccccc3C(=O)O)CCCC2)n1. The molecule has 2 N–H and O–H groups in total. The van der Waals surface area contributed by atoms with Crippen molar-refractivity contribution in [1.82, 2.24) is 10.3 Å². The second-order valence-corrected chi connectivity index (χ2v) is 7.13. The lowest BCUT2D eigenvalue weighted by molar-refractivity contribution is -0.122. The second kappa shape index (κ2) is 6.73. The number of aromatic nitrogens is 1. The zero-order valence-corrected chi connectivity index (χ0v) is 14.4. The highest BCUT2D eigenvalue weighted by molar-refractivity contribution is 7.09. The normalized spacial score (nSPS) is 16.0. The molecule has 0 unspecified atom stereocenters. The Labute approximate surface area is 144 Å². The van der Waals surface area contributed by atoms with Crippen molar-refractivity contribution >= 4 is 23.2 Å². The van der Waals surface area contributed by atoms with Crippen molar-refractivity contribution in [1.29, 1.82) is 0 Å². The number of nitrogens with zero attached hydrogens (tertiary/aromatic N) is 1. The molecule has 0 aliphatic heterocycles. The van der Waals surface area contributed by atoms with Crippen LogP contribution < -0.4 is 5.32 Å². The van der Waals surface area contributed by atoms with Gasteiger partial charge in [0.15, 0.2) is 0 Å². The summed E-state index contributed by atoms with van der Waals surface area (Å²) in [6, 6.07) is 6.64. The summed E-state index contributed by atoms with van der Waals surface area (Å²) in [6.45, 7) is 1.95. The molecule has 2 aromatic rings. The number of amides is 1. The first-order chi connectivity index (χ1) is 11.5. The molecule has 0 bridgehead atoms. The predicted octanol–water partition coefficient (Wildman–Crippen LogP) is 3.28. The molecule has 24 heavy (non-hydrogen) atoms. The van der Waals surface area contributed by atoms with Crippen LogP contribution in [-0.4, -0.2) is 22.0 Å². The molecule has 1 fully saturated rings. The Bertz CT molecular complexity index is 763. The first-order valence-electron chi connectivity index (χ1n) is 8.05. The van der Waals surface area contributed by atoms with Crippen LogP contribution in [0.5, 0.6) is 0 Å². The quantitative estimate of drug-likeness (QED) is 0.872. The Morgan fingerprint density at radius 2 is 2.00 bits per heavy atom. The highest BCUT2D eigenvalue weighted by Crippen LogP contribution is 2.40. The van der Waals surface area contributed by atoms with E-state index in [2.05, 4.69) is 10.3 Å². The Morgan fingerprint density at radius 1 is 1.29 bits per heavy atom. The third-order valence-electron chi connectivity index (χ3n) is 4.46. The van der Waals surface area contributed by atoms with E-state index in [-0.39, 0.29) is 17.9 Å². The van der Waals surface area contributed by atoms with Gasteiger partial charge in [-0.15, -0.1) is 11.3 Å². The summed E-state index contributed by atoms with van der Waals surface area (Å²) < 4.78 is 0. The minimum absolute atomic E-state index is 0.0641. The van der Waals surface area contributed by atoms with Crippen molar-refractivity contribution in [2.24, 2.45) is 0 Å². The number of carboxylic acids is 1. The van der Waals surface area contributed by atoms with Gasteiger partial charge in [0, 0.05) is 11.1 Å². The van der Waals surface area contributed by atoms with E-state index < -0.39 is 11.5 Å². The molecule has 1 amide bonds. The number of nitrogens with one attached hydrogen (secondary N) is 1. The average molecular weight is 344 g/mol. The summed E-state index contributed by atoms with van der Waals surface area (Å²) in [5.41, 5.74) is 1.28. The van der Waals surface area contributed by atoms with Crippen LogP contribution in [0.25, 0.3) is 0 Å². The number of carboxylic acid groups (broad SMARTS) is 1. The maximum absolute atomic E-state index is 12.6. The molecule has 1 aromatic heterocycles. The number of hydrogen-bond acceptors (Lipinski definition) is 4. The van der Waals surface area contributed by atoms with Gasteiger partial charge in [-0.3, -0.25) is 4.79 Å². The van der Waals surface area contributed by atoms with Crippen LogP contribution in [0.3, 0.4) is 0 Å². The highest BCUT2D eigenvalue weighted by Gasteiger charge is 2.39. The van der Waals surface area contributed by atoms with E-state index in [9.17, 15) is 14.7 Å². The second-order valence-electron chi connectivity index (χ2n) is 6.27. The molecule has 1 heterocycles. The third kappa shape index (κ3) is 3.33. The smallest absolute Gasteiger partial charge is 0.335 e. The van der Waals surface area contributed by atoms with Crippen molar-refractivity contribution in [2.75, 3.05) is 0 Å². The molecular formula is C18H20N2O3S. The summed E-state index contributed by atoms with van der Waals surface area (Å²) in [7, 11) is 0. The van der Waals surface area contributed by atoms with Crippen LogP contribution >= 0.6 is 11.3 Å². The molecule has 1 aliphatic carbocycles. The van der Waals surface area contributed by atoms with Crippen molar-refractivity contribution in [3.05, 3.63) is 51.5 Å². The average Bonchev–Trinajstić information content (AvgIpc) is 3.17. The molecule has 0 saturated heterocycles. The van der Waals surface area contributed by atoms with Gasteiger partial charge in [-0.1, -0.05) is 31.0 Å². The zero-order valence-electron chi connectivity index (χ0n) is 13.5. The van der Waals surface area contributed by atoms with Crippen molar-refractivity contribution in [3.63, 3.8) is 0 Å². The number of carbonyl (C=O) groups excluding carboxylic acids is 1. The molecule has 6 heteroatoms. The molecule has 3 rings (SSSR count). The van der Waals surface area contributed by atoms with Crippen LogP contribution in [0.2, 0.25) is 0 Å². The summed E-state index contributed by atoms with van der Waals surface area (Å²) in [6.07, 6.45) is 3.95. The summed E-state index contributed by atoms with van der Waals surface area (Å²) >= 11 is 1.58. The molecule has 0 spiro atoms. The monoisotopic (exact) mass is 344 g/mol. The highest BCUT2D eigenvalue weighted by atomic mass is 32.1. The van der Waals surface area contributed by atoms with Gasteiger partial charge in [-0.25, -0.2) is 9.78 Å². The number of aryl methyl sites for hydroxylation is 1. The van der Waals surface area contributed by atoms with Gasteiger partial charge in [0.1, 0.15) is 5.01 Å². The Morgan fingerprint density at radius 3 is 2.62 bits per heavy atom. The molecule has 5 nitrogen and oxygen atoms in total. The van der Waals surface area contributed by atoms with Crippen LogP contribution in [0, 0.1) is 6.92 Å². The van der Waals surface area contributed by atoms with Gasteiger partial charge in [0.05, 0.1) is 17.5 Å². The lowest BCUT2D eigenvalue weighted by Crippen LogP contribution is -2.44. The summed E-state index contributed by atoms with van der Waals surface area (Å²) in [4.78, 5) is 28.5. The van der Waals surface area contributed by atoms with E-state index in [0.717, 1.165) is 36.4 Å². The molecule has 1 aliphatic rings. The maximum Gasteiger partial charge on any atom is 0.335 e. The number of benzene rings is 1. The molecule has 0 radical (unpaired) electrons. The van der Waals surface area contributed by atoms with Gasteiger partial charge in [0.25, 0.3) is 0 Å². The molecule has 126 valence electrons. The van der Waals surface area contributed by atoms with Crippen molar-refractivity contribution in [3.8, 4) is 0 Å². The van der Waals surface area contributed by atoms with Crippen LogP contribution in [-0.2, 0) is 16.8 Å². The van der Waals surface area contributed by atoms with Crippen LogP contribution in [0.15, 0.2) is 29.6 Å². The van der Waals surface area contributed by atoms with E-state index >= 15 is 0 Å². The molecular weight excluding hydrogens is 324 g/mol. The minimum atomic E-state index is -1.01. The first-order valence-corrected chi connectivity index (χ1v) is 8.93. The van der Waals surface area contributed by atoms with E-state index in [4.69, 9.17) is 0 Å². The van der Waals surface area contributed by atoms with E-state index in [0.29, 0.717) is 5.56 Å². The van der Waals surface area contributed by atoms with Crippen molar-refractivity contribution < 1.29 is 14.7 Å². The van der Waals surface area contributed by atoms with Crippen LogP contribution in [0.4, 0.5) is 0 Å². The van der Waals surface area contributed by atoms with E-state index in [1.54, 1.807) is 29.5 Å². The third-order valence-corrected chi connectivity index (χ3v) is 5.63. The lowest BCUT2D eigenvalue weighted by atomic mass is 9.97. The number of hydrogen-bond donors (Lipinski definition) is 2. The zero-order chi connectivity index (χ0) is 17.2. The van der Waals surface area contributed by atoms with Crippen LogP contribution in [0.1, 0.15) is 52.3 Å². The fourth-order valence-electron chi connectivity index (χ4n) is 3.31. The van der Waals surface area contributed by atoms with Gasteiger partial charge in [-0.05, 0) is 31.4 Å². The van der Waals surface area contributed by atoms with Gasteiger partial charge < -0.3 is 10.4 Å². The molecule has 1 aromatic carbocycles. The van der Waals surface area contributed by atoms with E-state index in [1.807, 2.05) is 12.3 Å². The maximum atomic E-state index is 12.6. The van der Waals surface area contributed by atoms with E-state index in [1.165, 1.54) is 6.07 Å². The number of aromatic carboxylic acids is 1. The van der Waals surface area contributed by atoms with Gasteiger partial charge >= 0.3 is 5.97 Å². The topological polar surface area (TPSA) is 79.3 Å². The van der Waals surface area contributed by atoms with Gasteiger partial charge in [0.2, 0.25) is 5.91 Å². The molecule has 0 atom stereocenters. The Kier molecular flexibility index (Phi) is 4.66. The number of carbonyl (C=O) groups is 2. The van der Waals surface area contributed by atoms with Gasteiger partial charge in [-0.2, -0.15) is 0 Å². The Hall–Kier alpha value is -2.21. The first kappa shape index (κ1) is 16.6. The Balaban J connectivity index is 1.79. The standard InChI is InChI=1S/C18H20N2O3S/c1-12-11-24-17(19-12)18(8-4-5-9-18)20-15(21)10-13-6-2-3-7-14(13)16(22)23/h2-3,6-7,11H,4-5,8-10H2,1H3,(H,20,21)(H,22,23). The fraction of sp³-hybridized carbons (Fsp3) is 0.389. The largest absolute Gasteiger partial charge is 0.478 e. The van der Waals surface area contributed by atoms with Crippen molar-refractivity contribution in [2.45, 2.75) is 44.6 Å². The molecule has 1 saturated carbocycles. The number of thiazole rings is 1. The summed E-state index contributed by atoms with van der Waals surface area (Å²) in [5, 5.41) is 15.4. The minimum Gasteiger partial charge on any atom is -0.478 e. The predicted molar refractivity (Wildman–Crippen MR) is 92.2 cm³/mol. The fourth-order valence-corrected chi connectivity index (χ4v) is 4.32. The lowest BCUT2D eigenvalue weighted by Gasteiger charge is -2.28. The number of rotatable bonds is 5.